The number of sulfonamides is 1. The molecule has 1 atom stereocenters. The molecule has 19 nitrogen and oxygen atoms in total. The maximum absolute atomic E-state index is 14.5. The minimum absolute atomic E-state index is 0.0546. The quantitative estimate of drug-likeness (QED) is 0.0424. The van der Waals surface area contributed by atoms with Crippen molar-refractivity contribution in [2.45, 2.75) is 64.4 Å². The highest BCUT2D eigenvalue weighted by Gasteiger charge is 2.34. The highest BCUT2D eigenvalue weighted by Crippen LogP contribution is 2.49. The fourth-order valence-corrected chi connectivity index (χ4v) is 13.2. The molecule has 0 spiro atoms. The van der Waals surface area contributed by atoms with Gasteiger partial charge in [0.2, 0.25) is 5.88 Å². The monoisotopic (exact) mass is 1070 g/mol. The van der Waals surface area contributed by atoms with Crippen molar-refractivity contribution in [3.05, 3.63) is 111 Å². The molecular formula is C52H65ClN9O10PS. The zero-order valence-corrected chi connectivity index (χ0v) is 44.8. The van der Waals surface area contributed by atoms with Crippen molar-refractivity contribution in [3.8, 4) is 5.88 Å². The summed E-state index contributed by atoms with van der Waals surface area (Å²) in [6, 6.07) is 20.9. The van der Waals surface area contributed by atoms with E-state index in [2.05, 4.69) is 50.8 Å². The van der Waals surface area contributed by atoms with E-state index in [0.29, 0.717) is 62.2 Å². The third-order valence-electron chi connectivity index (χ3n) is 14.1. The van der Waals surface area contributed by atoms with Crippen molar-refractivity contribution in [1.29, 1.82) is 0 Å². The SMILES string of the molecule is CCOP(=O)(CN1CCOC(CNc2ccc(S(=O)(=O)NC(=O)c3ccc(N4CCN(CC5=C(c6ccc(Cl)cc6)CC(C)(C)CC5)CC4)cc3N3CCCOc4nc5[nH]ccc5cc43)cc2[N+](=O)[O-])C1)OCC. The lowest BCUT2D eigenvalue weighted by molar-refractivity contribution is -0.384. The minimum Gasteiger partial charge on any atom is -0.476 e. The van der Waals surface area contributed by atoms with E-state index in [4.69, 9.17) is 35.1 Å². The number of carbonyl (C=O) groups excluding carboxylic acids is 1. The molecule has 1 unspecified atom stereocenters. The summed E-state index contributed by atoms with van der Waals surface area (Å²) < 4.78 is 66.7. The molecule has 9 rings (SSSR count). The van der Waals surface area contributed by atoms with E-state index in [0.717, 1.165) is 74.1 Å². The second kappa shape index (κ2) is 22.7. The Balaban J connectivity index is 0.943. The number of pyridine rings is 1. The van der Waals surface area contributed by atoms with Gasteiger partial charge in [-0.1, -0.05) is 43.2 Å². The maximum Gasteiger partial charge on any atom is 0.344 e. The molecule has 0 saturated carbocycles. The van der Waals surface area contributed by atoms with Gasteiger partial charge in [0.1, 0.15) is 23.3 Å². The van der Waals surface area contributed by atoms with Crippen LogP contribution >= 0.6 is 19.2 Å². The van der Waals surface area contributed by atoms with Crippen molar-refractivity contribution in [2.75, 3.05) is 107 Å². The Kier molecular flexibility index (Phi) is 16.4. The fraction of sp³-hybridized carbons (Fsp3) is 0.462. The third kappa shape index (κ3) is 12.4. The predicted molar refractivity (Wildman–Crippen MR) is 288 cm³/mol. The first-order valence-corrected chi connectivity index (χ1v) is 28.9. The van der Waals surface area contributed by atoms with E-state index in [9.17, 15) is 27.9 Å². The number of anilines is 4. The van der Waals surface area contributed by atoms with Gasteiger partial charge in [0.05, 0.1) is 53.6 Å². The van der Waals surface area contributed by atoms with Crippen LogP contribution in [0.15, 0.2) is 89.5 Å². The second-order valence-corrected chi connectivity index (χ2v) is 24.0. The van der Waals surface area contributed by atoms with Crippen molar-refractivity contribution in [1.82, 2.24) is 24.5 Å². The lowest BCUT2D eigenvalue weighted by Crippen LogP contribution is -2.47. The fourth-order valence-electron chi connectivity index (χ4n) is 10.3. The summed E-state index contributed by atoms with van der Waals surface area (Å²) in [5.41, 5.74) is 6.50. The average Bonchev–Trinajstić information content (AvgIpc) is 3.74. The third-order valence-corrected chi connectivity index (χ3v) is 17.7. The molecule has 0 radical (unpaired) electrons. The smallest absolute Gasteiger partial charge is 0.344 e. The minimum atomic E-state index is -4.66. The standard InChI is InChI=1S/C52H65ClN9O10PS/c1-5-71-73(66,72-6-2)35-59-25-27-69-41(34-59)32-55-45-15-13-42(30-47(45)62(64)65)74(67,68)57-50(63)43-14-12-40(29-46(43)61-20-7-26-70-51-48(61)28-37-17-19-54-49(37)56-51)60-23-21-58(22-24-60)33-38-16-18-52(3,4)31-44(38)36-8-10-39(53)11-9-36/h8-15,17,19,28-30,41,55H,5-7,16,18,20-27,31-35H2,1-4H3,(H,54,56)(H,57,63). The molecule has 2 saturated heterocycles. The van der Waals surface area contributed by atoms with Gasteiger partial charge in [-0.3, -0.25) is 29.3 Å². The zero-order valence-electron chi connectivity index (χ0n) is 42.3. The number of allylic oxidation sites excluding steroid dienone is 1. The van der Waals surface area contributed by atoms with E-state index >= 15 is 0 Å². The molecular weight excluding hydrogens is 1010 g/mol. The maximum atomic E-state index is 14.5. The summed E-state index contributed by atoms with van der Waals surface area (Å²) in [6.45, 7) is 14.6. The Morgan fingerprint density at radius 3 is 2.47 bits per heavy atom. The zero-order chi connectivity index (χ0) is 52.2. The predicted octanol–water partition coefficient (Wildman–Crippen LogP) is 9.29. The van der Waals surface area contributed by atoms with Gasteiger partial charge in [-0.25, -0.2) is 13.1 Å². The Morgan fingerprint density at radius 2 is 1.73 bits per heavy atom. The van der Waals surface area contributed by atoms with Crippen LogP contribution in [-0.4, -0.2) is 137 Å². The molecule has 3 aromatic carbocycles. The molecule has 5 heterocycles. The van der Waals surface area contributed by atoms with Gasteiger partial charge < -0.3 is 38.6 Å². The van der Waals surface area contributed by atoms with E-state index in [1.807, 2.05) is 46.2 Å². The van der Waals surface area contributed by atoms with Gasteiger partial charge in [-0.15, -0.1) is 0 Å². The number of hydrogen-bond acceptors (Lipinski definition) is 16. The van der Waals surface area contributed by atoms with Crippen LogP contribution in [0.1, 0.15) is 69.3 Å². The van der Waals surface area contributed by atoms with Crippen molar-refractivity contribution < 1.29 is 41.2 Å². The first kappa shape index (κ1) is 53.3. The van der Waals surface area contributed by atoms with Gasteiger partial charge >= 0.3 is 7.60 Å². The van der Waals surface area contributed by atoms with Gasteiger partial charge in [0, 0.05) is 87.3 Å². The highest BCUT2D eigenvalue weighted by molar-refractivity contribution is 7.90. The van der Waals surface area contributed by atoms with Crippen molar-refractivity contribution in [3.63, 3.8) is 0 Å². The molecule has 4 aliphatic rings. The van der Waals surface area contributed by atoms with Crippen LogP contribution in [0.3, 0.4) is 0 Å². The summed E-state index contributed by atoms with van der Waals surface area (Å²) in [6.07, 6.45) is 5.14. The highest BCUT2D eigenvalue weighted by atomic mass is 35.5. The molecule has 3 aliphatic heterocycles. The largest absolute Gasteiger partial charge is 0.476 e. The number of nitro groups is 1. The number of benzene rings is 3. The number of morpholine rings is 1. The number of halogens is 1. The van der Waals surface area contributed by atoms with Gasteiger partial charge in [-0.05, 0) is 111 Å². The van der Waals surface area contributed by atoms with Crippen LogP contribution in [0.25, 0.3) is 16.6 Å². The molecule has 1 aliphatic carbocycles. The lowest BCUT2D eigenvalue weighted by Gasteiger charge is -2.39. The van der Waals surface area contributed by atoms with Crippen LogP contribution in [0.4, 0.5) is 28.4 Å². The number of nitrogens with one attached hydrogen (secondary N) is 3. The number of piperazine rings is 1. The summed E-state index contributed by atoms with van der Waals surface area (Å²) in [5, 5.41) is 17.0. The molecule has 3 N–H and O–H groups in total. The van der Waals surface area contributed by atoms with E-state index in [1.165, 1.54) is 28.8 Å². The Labute approximate surface area is 437 Å². The Hall–Kier alpha value is -5.57. The number of hydrogen-bond donors (Lipinski definition) is 3. The molecule has 396 valence electrons. The summed E-state index contributed by atoms with van der Waals surface area (Å²) in [7, 11) is -8.03. The van der Waals surface area contributed by atoms with Gasteiger partial charge in [-0.2, -0.15) is 4.98 Å². The Morgan fingerprint density at radius 1 is 0.959 bits per heavy atom. The first-order chi connectivity index (χ1) is 35.5. The van der Waals surface area contributed by atoms with Crippen molar-refractivity contribution >= 4 is 80.2 Å². The van der Waals surface area contributed by atoms with Gasteiger partial charge in [0.25, 0.3) is 21.6 Å². The van der Waals surface area contributed by atoms with Crippen LogP contribution in [0, 0.1) is 15.5 Å². The topological polar surface area (TPSA) is 214 Å². The number of nitro benzene ring substituents is 1. The molecule has 2 fully saturated rings. The lowest BCUT2D eigenvalue weighted by atomic mass is 9.72. The van der Waals surface area contributed by atoms with E-state index in [1.54, 1.807) is 26.1 Å². The summed E-state index contributed by atoms with van der Waals surface area (Å²) in [5.74, 6) is -0.544. The number of aromatic amines is 1. The number of rotatable bonds is 18. The number of fused-ring (bicyclic) bond motifs is 2. The molecule has 1 amide bonds. The number of ether oxygens (including phenoxy) is 2. The van der Waals surface area contributed by atoms with Crippen LogP contribution in [0.2, 0.25) is 5.02 Å². The number of aromatic nitrogens is 2. The number of H-pyrrole nitrogens is 1. The van der Waals surface area contributed by atoms with Crippen molar-refractivity contribution in [2.24, 2.45) is 5.41 Å². The van der Waals surface area contributed by atoms with Crippen LogP contribution < -0.4 is 24.6 Å². The molecule has 0 bridgehead atoms. The molecule has 74 heavy (non-hydrogen) atoms. The molecule has 5 aromatic rings. The second-order valence-electron chi connectivity index (χ2n) is 19.9. The van der Waals surface area contributed by atoms with E-state index < -0.39 is 45.1 Å². The first-order valence-electron chi connectivity index (χ1n) is 25.3. The Bertz CT molecular complexity index is 3050. The normalized spacial score (nSPS) is 19.0. The summed E-state index contributed by atoms with van der Waals surface area (Å²) in [4.78, 5) is 42.4. The average molecular weight is 1070 g/mol. The van der Waals surface area contributed by atoms with Crippen LogP contribution in [-0.2, 0) is 28.4 Å². The van der Waals surface area contributed by atoms with Gasteiger partial charge in [0.15, 0.2) is 0 Å². The van der Waals surface area contributed by atoms with E-state index in [-0.39, 0.29) is 42.7 Å². The molecule has 2 aromatic heterocycles. The number of nitrogens with zero attached hydrogens (tertiary/aromatic N) is 6. The van der Waals surface area contributed by atoms with Crippen LogP contribution in [0.5, 0.6) is 5.88 Å². The number of amides is 1. The number of carbonyl (C=O) groups is 1. The molecule has 22 heteroatoms. The summed E-state index contributed by atoms with van der Waals surface area (Å²) >= 11 is 6.28.